The zero-order valence-corrected chi connectivity index (χ0v) is 17.9. The molecule has 0 unspecified atom stereocenters. The first-order valence-corrected chi connectivity index (χ1v) is 9.82. The Balaban J connectivity index is 2.11. The third-order valence-electron chi connectivity index (χ3n) is 4.08. The minimum Gasteiger partial charge on any atom is -0.444 e. The van der Waals surface area contributed by atoms with Gasteiger partial charge in [0, 0.05) is 12.7 Å². The van der Waals surface area contributed by atoms with Crippen LogP contribution in [-0.4, -0.2) is 37.3 Å². The molecule has 0 aliphatic rings. The number of benzene rings is 1. The molecule has 2 aromatic heterocycles. The van der Waals surface area contributed by atoms with Gasteiger partial charge in [-0.1, -0.05) is 18.2 Å². The summed E-state index contributed by atoms with van der Waals surface area (Å²) in [6.45, 7) is 7.88. The van der Waals surface area contributed by atoms with E-state index in [0.29, 0.717) is 28.0 Å². The lowest BCUT2D eigenvalue weighted by molar-refractivity contribution is 0.0237. The summed E-state index contributed by atoms with van der Waals surface area (Å²) in [5, 5.41) is 4.60. The lowest BCUT2D eigenvalue weighted by Crippen LogP contribution is -2.38. The van der Waals surface area contributed by atoms with E-state index in [0.717, 1.165) is 0 Å². The summed E-state index contributed by atoms with van der Waals surface area (Å²) in [4.78, 5) is 27.3. The molecule has 0 saturated carbocycles. The Hall–Kier alpha value is -2.61. The van der Waals surface area contributed by atoms with Crippen LogP contribution in [0.25, 0.3) is 11.2 Å². The summed E-state index contributed by atoms with van der Waals surface area (Å²) in [7, 11) is 0. The van der Waals surface area contributed by atoms with Crippen LogP contribution >= 0.6 is 15.9 Å². The number of carbonyl (C=O) groups is 1. The third kappa shape index (κ3) is 4.11. The van der Waals surface area contributed by atoms with Crippen molar-refractivity contribution in [2.45, 2.75) is 39.8 Å². The molecule has 28 heavy (non-hydrogen) atoms. The number of carbonyl (C=O) groups excluding carboxylic acids is 1. The molecule has 0 fully saturated rings. The summed E-state index contributed by atoms with van der Waals surface area (Å²) in [6, 6.07) is 11.0. The van der Waals surface area contributed by atoms with Gasteiger partial charge >= 0.3 is 6.09 Å². The molecule has 3 aromatic rings. The van der Waals surface area contributed by atoms with Gasteiger partial charge in [-0.25, -0.2) is 9.31 Å². The molecule has 0 atom stereocenters. The Morgan fingerprint density at radius 3 is 2.50 bits per heavy atom. The monoisotopic (exact) mass is 446 g/mol. The highest BCUT2D eigenvalue weighted by molar-refractivity contribution is 9.10. The van der Waals surface area contributed by atoms with Gasteiger partial charge in [-0.05, 0) is 61.8 Å². The standard InChI is InChI=1S/C20H23BrN4O3/c1-5-23(19(27)28-20(2,3)4)13-16-22-24-12-11-15(21)17(24)18(26)25(16)14-9-7-6-8-10-14/h6-12H,5,13H2,1-4H3. The molecule has 148 valence electrons. The highest BCUT2D eigenvalue weighted by Crippen LogP contribution is 2.18. The molecule has 8 heteroatoms. The second kappa shape index (κ2) is 7.79. The Bertz CT molecular complexity index is 1050. The number of fused-ring (bicyclic) bond motifs is 1. The van der Waals surface area contributed by atoms with E-state index in [9.17, 15) is 9.59 Å². The number of halogens is 1. The number of rotatable bonds is 4. The third-order valence-corrected chi connectivity index (χ3v) is 4.72. The highest BCUT2D eigenvalue weighted by Gasteiger charge is 2.24. The Kier molecular flexibility index (Phi) is 5.60. The van der Waals surface area contributed by atoms with Crippen molar-refractivity contribution in [1.82, 2.24) is 19.1 Å². The van der Waals surface area contributed by atoms with Crippen LogP contribution in [0.15, 0.2) is 51.9 Å². The second-order valence-electron chi connectivity index (χ2n) is 7.34. The van der Waals surface area contributed by atoms with Crippen LogP contribution in [-0.2, 0) is 11.3 Å². The van der Waals surface area contributed by atoms with Crippen LogP contribution in [0.4, 0.5) is 4.79 Å². The highest BCUT2D eigenvalue weighted by atomic mass is 79.9. The van der Waals surface area contributed by atoms with Crippen molar-refractivity contribution < 1.29 is 9.53 Å². The molecule has 2 heterocycles. The van der Waals surface area contributed by atoms with E-state index in [2.05, 4.69) is 21.0 Å². The summed E-state index contributed by atoms with van der Waals surface area (Å²) >= 11 is 3.41. The number of amides is 1. The van der Waals surface area contributed by atoms with Gasteiger partial charge in [-0.15, -0.1) is 0 Å². The van der Waals surface area contributed by atoms with Crippen LogP contribution in [0, 0.1) is 0 Å². The van der Waals surface area contributed by atoms with Gasteiger partial charge < -0.3 is 9.64 Å². The van der Waals surface area contributed by atoms with Crippen molar-refractivity contribution in [3.8, 4) is 5.69 Å². The first kappa shape index (κ1) is 20.1. The maximum atomic E-state index is 13.2. The normalized spacial score (nSPS) is 11.6. The second-order valence-corrected chi connectivity index (χ2v) is 8.20. The smallest absolute Gasteiger partial charge is 0.410 e. The van der Waals surface area contributed by atoms with E-state index in [1.54, 1.807) is 12.3 Å². The van der Waals surface area contributed by atoms with Crippen LogP contribution in [0.5, 0.6) is 0 Å². The molecule has 0 bridgehead atoms. The quantitative estimate of drug-likeness (QED) is 0.606. The van der Waals surface area contributed by atoms with Crippen molar-refractivity contribution in [2.75, 3.05) is 6.54 Å². The van der Waals surface area contributed by atoms with Gasteiger partial charge in [0.1, 0.15) is 11.1 Å². The van der Waals surface area contributed by atoms with Crippen LogP contribution in [0.1, 0.15) is 33.5 Å². The van der Waals surface area contributed by atoms with E-state index < -0.39 is 11.7 Å². The van der Waals surface area contributed by atoms with Crippen molar-refractivity contribution in [1.29, 1.82) is 0 Å². The maximum Gasteiger partial charge on any atom is 0.410 e. The topological polar surface area (TPSA) is 68.8 Å². The Morgan fingerprint density at radius 2 is 1.89 bits per heavy atom. The molecule has 1 amide bonds. The number of ether oxygens (including phenoxy) is 1. The fourth-order valence-electron chi connectivity index (χ4n) is 2.82. The molecular weight excluding hydrogens is 424 g/mol. The van der Waals surface area contributed by atoms with E-state index in [1.807, 2.05) is 58.0 Å². The van der Waals surface area contributed by atoms with Crippen molar-refractivity contribution >= 4 is 27.5 Å². The fourth-order valence-corrected chi connectivity index (χ4v) is 3.29. The summed E-state index contributed by atoms with van der Waals surface area (Å²) in [5.41, 5.74) is 0.304. The van der Waals surface area contributed by atoms with Gasteiger partial charge in [0.2, 0.25) is 0 Å². The van der Waals surface area contributed by atoms with Crippen LogP contribution in [0.2, 0.25) is 0 Å². The first-order chi connectivity index (χ1) is 13.2. The van der Waals surface area contributed by atoms with Crippen LogP contribution < -0.4 is 5.56 Å². The van der Waals surface area contributed by atoms with Gasteiger partial charge in [0.25, 0.3) is 5.56 Å². The average Bonchev–Trinajstić information content (AvgIpc) is 3.00. The van der Waals surface area contributed by atoms with E-state index in [-0.39, 0.29) is 12.1 Å². The molecule has 0 spiro atoms. The molecule has 0 N–H and O–H groups in total. The Morgan fingerprint density at radius 1 is 1.21 bits per heavy atom. The predicted molar refractivity (Wildman–Crippen MR) is 111 cm³/mol. The van der Waals surface area contributed by atoms with Gasteiger partial charge in [-0.3, -0.25) is 9.36 Å². The molecule has 0 aliphatic heterocycles. The van der Waals surface area contributed by atoms with Gasteiger partial charge in [0.05, 0.1) is 16.7 Å². The molecule has 0 radical (unpaired) electrons. The molecule has 7 nitrogen and oxygen atoms in total. The Labute approximate surface area is 171 Å². The van der Waals surface area contributed by atoms with E-state index in [1.165, 1.54) is 14.0 Å². The maximum absolute atomic E-state index is 13.2. The zero-order valence-electron chi connectivity index (χ0n) is 16.3. The van der Waals surface area contributed by atoms with Crippen LogP contribution in [0.3, 0.4) is 0 Å². The molecular formula is C20H23BrN4O3. The van der Waals surface area contributed by atoms with Crippen molar-refractivity contribution in [3.05, 3.63) is 63.2 Å². The zero-order chi connectivity index (χ0) is 20.5. The largest absolute Gasteiger partial charge is 0.444 e. The van der Waals surface area contributed by atoms with Gasteiger partial charge in [0.15, 0.2) is 5.82 Å². The molecule has 0 aliphatic carbocycles. The van der Waals surface area contributed by atoms with E-state index in [4.69, 9.17) is 4.74 Å². The average molecular weight is 447 g/mol. The SMILES string of the molecule is CCN(Cc1nn2ccc(Br)c2c(=O)n1-c1ccccc1)C(=O)OC(C)(C)C. The molecule has 0 saturated heterocycles. The van der Waals surface area contributed by atoms with Crippen molar-refractivity contribution in [3.63, 3.8) is 0 Å². The number of nitrogens with zero attached hydrogens (tertiary/aromatic N) is 4. The summed E-state index contributed by atoms with van der Waals surface area (Å²) in [5.74, 6) is 0.444. The minimum atomic E-state index is -0.605. The summed E-state index contributed by atoms with van der Waals surface area (Å²) in [6.07, 6.45) is 1.27. The number of hydrogen-bond donors (Lipinski definition) is 0. The number of aromatic nitrogens is 3. The number of hydrogen-bond acceptors (Lipinski definition) is 4. The van der Waals surface area contributed by atoms with Crippen molar-refractivity contribution in [2.24, 2.45) is 0 Å². The first-order valence-electron chi connectivity index (χ1n) is 9.03. The lowest BCUT2D eigenvalue weighted by Gasteiger charge is -2.27. The van der Waals surface area contributed by atoms with E-state index >= 15 is 0 Å². The lowest BCUT2D eigenvalue weighted by atomic mass is 10.2. The molecule has 1 aromatic carbocycles. The predicted octanol–water partition coefficient (Wildman–Crippen LogP) is 4.00. The number of para-hydroxylation sites is 1. The fraction of sp³-hybridized carbons (Fsp3) is 0.350. The minimum absolute atomic E-state index is 0.140. The summed E-state index contributed by atoms with van der Waals surface area (Å²) < 4.78 is 9.22. The van der Waals surface area contributed by atoms with Gasteiger partial charge in [-0.2, -0.15) is 5.10 Å². The molecule has 3 rings (SSSR count).